The van der Waals surface area contributed by atoms with Crippen molar-refractivity contribution in [2.45, 2.75) is 50.1 Å². The lowest BCUT2D eigenvalue weighted by Gasteiger charge is -2.36. The van der Waals surface area contributed by atoms with Crippen LogP contribution in [0.25, 0.3) is 0 Å². The van der Waals surface area contributed by atoms with Gasteiger partial charge in [0.1, 0.15) is 5.75 Å². The Labute approximate surface area is 103 Å². The van der Waals surface area contributed by atoms with Crippen molar-refractivity contribution < 1.29 is 5.11 Å². The maximum atomic E-state index is 9.71. The Morgan fingerprint density at radius 1 is 1.41 bits per heavy atom. The number of aromatic hydroxyl groups is 1. The molecule has 92 valence electrons. The zero-order valence-corrected chi connectivity index (χ0v) is 10.7. The molecule has 1 aliphatic heterocycles. The Morgan fingerprint density at radius 3 is 3.00 bits per heavy atom. The van der Waals surface area contributed by atoms with Crippen LogP contribution >= 0.6 is 0 Å². The molecule has 2 heteroatoms. The maximum Gasteiger partial charge on any atom is 0.115 e. The number of phenols is 1. The standard InChI is InChI=1S/C15H21NO/c1-11-15(12-5-3-7-14(17)9-12)8-4-6-13(10-15)16(11)2/h3,5,7,9,11,13,17H,4,6,8,10H2,1-2H3/t11-,13+,15+/m0/s1. The summed E-state index contributed by atoms with van der Waals surface area (Å²) in [5, 5.41) is 9.71. The maximum absolute atomic E-state index is 9.71. The molecule has 2 fully saturated rings. The molecule has 1 N–H and O–H groups in total. The lowest BCUT2D eigenvalue weighted by atomic mass is 9.67. The zero-order valence-electron chi connectivity index (χ0n) is 10.7. The lowest BCUT2D eigenvalue weighted by molar-refractivity contribution is 0.239. The monoisotopic (exact) mass is 231 g/mol. The third-order valence-electron chi connectivity index (χ3n) is 5.17. The smallest absolute Gasteiger partial charge is 0.115 e. The van der Waals surface area contributed by atoms with Gasteiger partial charge in [-0.2, -0.15) is 0 Å². The summed E-state index contributed by atoms with van der Waals surface area (Å²) in [6.45, 7) is 2.34. The molecule has 1 saturated carbocycles. The fraction of sp³-hybridized carbons (Fsp3) is 0.600. The normalized spacial score (nSPS) is 37.3. The molecule has 3 rings (SSSR count). The van der Waals surface area contributed by atoms with Gasteiger partial charge >= 0.3 is 0 Å². The van der Waals surface area contributed by atoms with Crippen LogP contribution in [0, 0.1) is 0 Å². The zero-order chi connectivity index (χ0) is 12.0. The van der Waals surface area contributed by atoms with Gasteiger partial charge < -0.3 is 5.11 Å². The Kier molecular flexibility index (Phi) is 2.44. The molecule has 2 aliphatic rings. The average molecular weight is 231 g/mol. The van der Waals surface area contributed by atoms with Crippen LogP contribution in [0.3, 0.4) is 0 Å². The fourth-order valence-electron chi connectivity index (χ4n) is 4.03. The minimum Gasteiger partial charge on any atom is -0.508 e. The SMILES string of the molecule is C[C@@H]1N(C)[C@@H]2CCC[C@@]1(c1cccc(O)c1)C2. The summed E-state index contributed by atoms with van der Waals surface area (Å²) in [7, 11) is 2.26. The summed E-state index contributed by atoms with van der Waals surface area (Å²) in [4.78, 5) is 2.54. The number of likely N-dealkylation sites (tertiary alicyclic amines) is 1. The highest BCUT2D eigenvalue weighted by Crippen LogP contribution is 2.51. The van der Waals surface area contributed by atoms with Crippen LogP contribution in [0.2, 0.25) is 0 Å². The summed E-state index contributed by atoms with van der Waals surface area (Å²) in [5.41, 5.74) is 1.61. The van der Waals surface area contributed by atoms with Crippen molar-refractivity contribution in [2.24, 2.45) is 0 Å². The quantitative estimate of drug-likeness (QED) is 0.803. The summed E-state index contributed by atoms with van der Waals surface area (Å²) in [6, 6.07) is 9.23. The lowest BCUT2D eigenvalue weighted by Crippen LogP contribution is -2.38. The molecule has 0 spiro atoms. The van der Waals surface area contributed by atoms with Crippen molar-refractivity contribution in [3.05, 3.63) is 29.8 Å². The van der Waals surface area contributed by atoms with Crippen molar-refractivity contribution in [2.75, 3.05) is 7.05 Å². The second kappa shape index (κ2) is 3.74. The first-order valence-corrected chi connectivity index (χ1v) is 6.65. The van der Waals surface area contributed by atoms with E-state index in [0.29, 0.717) is 11.8 Å². The number of rotatable bonds is 1. The minimum absolute atomic E-state index is 0.274. The number of phenolic OH excluding ortho intramolecular Hbond substituents is 1. The Balaban J connectivity index is 2.05. The van der Waals surface area contributed by atoms with Gasteiger partial charge in [-0.25, -0.2) is 0 Å². The third-order valence-corrected chi connectivity index (χ3v) is 5.17. The molecule has 0 radical (unpaired) electrons. The molecule has 0 amide bonds. The van der Waals surface area contributed by atoms with E-state index < -0.39 is 0 Å². The first kappa shape index (κ1) is 11.1. The van der Waals surface area contributed by atoms with Crippen molar-refractivity contribution in [1.29, 1.82) is 0 Å². The number of hydrogen-bond acceptors (Lipinski definition) is 2. The van der Waals surface area contributed by atoms with Gasteiger partial charge in [0, 0.05) is 17.5 Å². The van der Waals surface area contributed by atoms with E-state index in [4.69, 9.17) is 0 Å². The van der Waals surface area contributed by atoms with Crippen LogP contribution in [-0.4, -0.2) is 29.1 Å². The van der Waals surface area contributed by atoms with Gasteiger partial charge in [0.15, 0.2) is 0 Å². The number of benzene rings is 1. The highest BCUT2D eigenvalue weighted by molar-refractivity contribution is 5.36. The molecule has 1 aromatic rings. The average Bonchev–Trinajstić information content (AvgIpc) is 2.52. The van der Waals surface area contributed by atoms with Gasteiger partial charge in [0.05, 0.1) is 0 Å². The van der Waals surface area contributed by atoms with Gasteiger partial charge in [-0.05, 0) is 50.9 Å². The van der Waals surface area contributed by atoms with E-state index in [1.165, 1.54) is 31.2 Å². The van der Waals surface area contributed by atoms with E-state index in [-0.39, 0.29) is 5.41 Å². The van der Waals surface area contributed by atoms with Gasteiger partial charge in [-0.3, -0.25) is 4.90 Å². The van der Waals surface area contributed by atoms with Crippen molar-refractivity contribution in [3.63, 3.8) is 0 Å². The molecular weight excluding hydrogens is 210 g/mol. The van der Waals surface area contributed by atoms with Crippen molar-refractivity contribution in [3.8, 4) is 5.75 Å². The van der Waals surface area contributed by atoms with Crippen LogP contribution < -0.4 is 0 Å². The number of fused-ring (bicyclic) bond motifs is 2. The van der Waals surface area contributed by atoms with Gasteiger partial charge in [0.2, 0.25) is 0 Å². The van der Waals surface area contributed by atoms with Gasteiger partial charge in [0.25, 0.3) is 0 Å². The molecule has 2 nitrogen and oxygen atoms in total. The molecule has 1 heterocycles. The second-order valence-corrected chi connectivity index (χ2v) is 5.80. The number of likely N-dealkylation sites (N-methyl/N-ethyl adjacent to an activating group) is 1. The highest BCUT2D eigenvalue weighted by atomic mass is 16.3. The molecule has 3 atom stereocenters. The van der Waals surface area contributed by atoms with Crippen molar-refractivity contribution >= 4 is 0 Å². The Bertz CT molecular complexity index is 431. The minimum atomic E-state index is 0.274. The molecule has 0 aromatic heterocycles. The number of nitrogens with zero attached hydrogens (tertiary/aromatic N) is 1. The summed E-state index contributed by atoms with van der Waals surface area (Å²) >= 11 is 0. The van der Waals surface area contributed by atoms with Gasteiger partial charge in [-0.1, -0.05) is 18.6 Å². The predicted octanol–water partition coefficient (Wildman–Crippen LogP) is 2.91. The first-order valence-electron chi connectivity index (χ1n) is 6.65. The largest absolute Gasteiger partial charge is 0.508 e. The number of hydrogen-bond donors (Lipinski definition) is 1. The fourth-order valence-corrected chi connectivity index (χ4v) is 4.03. The summed E-state index contributed by atoms with van der Waals surface area (Å²) in [5.74, 6) is 0.403. The van der Waals surface area contributed by atoms with E-state index >= 15 is 0 Å². The second-order valence-electron chi connectivity index (χ2n) is 5.80. The summed E-state index contributed by atoms with van der Waals surface area (Å²) < 4.78 is 0. The van der Waals surface area contributed by atoms with E-state index in [1.54, 1.807) is 6.07 Å². The molecule has 1 aliphatic carbocycles. The highest BCUT2D eigenvalue weighted by Gasteiger charge is 2.51. The molecular formula is C15H21NO. The van der Waals surface area contributed by atoms with Crippen LogP contribution in [0.1, 0.15) is 38.2 Å². The predicted molar refractivity (Wildman–Crippen MR) is 69.3 cm³/mol. The van der Waals surface area contributed by atoms with Crippen LogP contribution in [0.5, 0.6) is 5.75 Å². The molecule has 1 saturated heterocycles. The van der Waals surface area contributed by atoms with Crippen LogP contribution in [-0.2, 0) is 5.41 Å². The summed E-state index contributed by atoms with van der Waals surface area (Å²) in [6.07, 6.45) is 5.17. The molecule has 1 aromatic carbocycles. The van der Waals surface area contributed by atoms with Crippen molar-refractivity contribution in [1.82, 2.24) is 4.90 Å². The van der Waals surface area contributed by atoms with Gasteiger partial charge in [-0.15, -0.1) is 0 Å². The topological polar surface area (TPSA) is 23.5 Å². The van der Waals surface area contributed by atoms with E-state index in [2.05, 4.69) is 24.9 Å². The first-order chi connectivity index (χ1) is 8.13. The van der Waals surface area contributed by atoms with E-state index in [0.717, 1.165) is 6.04 Å². The van der Waals surface area contributed by atoms with E-state index in [1.807, 2.05) is 12.1 Å². The third kappa shape index (κ3) is 1.50. The van der Waals surface area contributed by atoms with Crippen LogP contribution in [0.4, 0.5) is 0 Å². The molecule has 2 bridgehead atoms. The Hall–Kier alpha value is -1.02. The molecule has 17 heavy (non-hydrogen) atoms. The van der Waals surface area contributed by atoms with Crippen LogP contribution in [0.15, 0.2) is 24.3 Å². The Morgan fingerprint density at radius 2 is 2.24 bits per heavy atom. The molecule has 0 unspecified atom stereocenters. The van der Waals surface area contributed by atoms with E-state index in [9.17, 15) is 5.11 Å².